The van der Waals surface area contributed by atoms with Crippen LogP contribution in [0.3, 0.4) is 0 Å². The lowest BCUT2D eigenvalue weighted by molar-refractivity contribution is -0.131. The number of methoxy groups -OCH3 is 1. The fourth-order valence-electron chi connectivity index (χ4n) is 1.58. The van der Waals surface area contributed by atoms with Crippen molar-refractivity contribution in [3.05, 3.63) is 23.8 Å². The van der Waals surface area contributed by atoms with E-state index in [1.54, 1.807) is 19.1 Å². The molecule has 19 heavy (non-hydrogen) atoms. The van der Waals surface area contributed by atoms with Crippen LogP contribution in [0.1, 0.15) is 12.5 Å². The first-order valence-corrected chi connectivity index (χ1v) is 6.30. The van der Waals surface area contributed by atoms with Crippen LogP contribution < -0.4 is 14.8 Å². The van der Waals surface area contributed by atoms with Gasteiger partial charge in [0.1, 0.15) is 11.5 Å². The second-order valence-electron chi connectivity index (χ2n) is 4.20. The van der Waals surface area contributed by atoms with E-state index in [9.17, 15) is 4.79 Å². The van der Waals surface area contributed by atoms with Crippen LogP contribution in [0.2, 0.25) is 0 Å². The molecule has 0 bridgehead atoms. The van der Waals surface area contributed by atoms with Crippen LogP contribution in [-0.4, -0.2) is 45.2 Å². The summed E-state index contributed by atoms with van der Waals surface area (Å²) < 4.78 is 10.8. The molecule has 106 valence electrons. The molecule has 0 aromatic heterocycles. The zero-order chi connectivity index (χ0) is 14.3. The Kier molecular flexibility index (Phi) is 6.15. The van der Waals surface area contributed by atoms with Crippen molar-refractivity contribution in [1.29, 1.82) is 0 Å². The van der Waals surface area contributed by atoms with Gasteiger partial charge in [-0.05, 0) is 32.2 Å². The van der Waals surface area contributed by atoms with Gasteiger partial charge in [-0.2, -0.15) is 0 Å². The van der Waals surface area contributed by atoms with Crippen molar-refractivity contribution in [1.82, 2.24) is 10.2 Å². The minimum Gasteiger partial charge on any atom is -0.497 e. The number of nitrogens with one attached hydrogen (secondary N) is 1. The molecule has 0 aliphatic heterocycles. The van der Waals surface area contributed by atoms with Gasteiger partial charge in [0.2, 0.25) is 0 Å². The number of hydrogen-bond acceptors (Lipinski definition) is 4. The Balaban J connectivity index is 2.74. The van der Waals surface area contributed by atoms with E-state index in [-0.39, 0.29) is 12.5 Å². The lowest BCUT2D eigenvalue weighted by Gasteiger charge is -2.16. The summed E-state index contributed by atoms with van der Waals surface area (Å²) in [6.07, 6.45) is 0. The summed E-state index contributed by atoms with van der Waals surface area (Å²) >= 11 is 0. The van der Waals surface area contributed by atoms with E-state index < -0.39 is 0 Å². The van der Waals surface area contributed by atoms with Crippen molar-refractivity contribution in [3.8, 4) is 11.5 Å². The molecule has 1 amide bonds. The van der Waals surface area contributed by atoms with Crippen molar-refractivity contribution in [2.24, 2.45) is 0 Å². The third kappa shape index (κ3) is 4.44. The standard InChI is InChI=1S/C14H22N2O3/c1-5-16(3)14(17)10-19-13-7-6-12(18-4)8-11(13)9-15-2/h6-8,15H,5,9-10H2,1-4H3. The van der Waals surface area contributed by atoms with E-state index >= 15 is 0 Å². The van der Waals surface area contributed by atoms with Gasteiger partial charge in [0.25, 0.3) is 5.91 Å². The smallest absolute Gasteiger partial charge is 0.260 e. The zero-order valence-corrected chi connectivity index (χ0v) is 12.0. The molecule has 1 rings (SSSR count). The highest BCUT2D eigenvalue weighted by Gasteiger charge is 2.10. The van der Waals surface area contributed by atoms with E-state index in [0.29, 0.717) is 18.8 Å². The summed E-state index contributed by atoms with van der Waals surface area (Å²) in [5.74, 6) is 1.44. The van der Waals surface area contributed by atoms with E-state index in [2.05, 4.69) is 5.32 Å². The predicted molar refractivity (Wildman–Crippen MR) is 74.6 cm³/mol. The van der Waals surface area contributed by atoms with Crippen LogP contribution in [0.15, 0.2) is 18.2 Å². The fourth-order valence-corrected chi connectivity index (χ4v) is 1.58. The summed E-state index contributed by atoms with van der Waals surface area (Å²) in [5.41, 5.74) is 0.966. The van der Waals surface area contributed by atoms with Crippen LogP contribution in [0.4, 0.5) is 0 Å². The van der Waals surface area contributed by atoms with E-state index in [1.165, 1.54) is 0 Å². The van der Waals surface area contributed by atoms with Gasteiger partial charge in [-0.3, -0.25) is 4.79 Å². The monoisotopic (exact) mass is 266 g/mol. The summed E-state index contributed by atoms with van der Waals surface area (Å²) in [6, 6.07) is 5.55. The van der Waals surface area contributed by atoms with Gasteiger partial charge in [-0.15, -0.1) is 0 Å². The molecule has 0 aliphatic carbocycles. The number of ether oxygens (including phenoxy) is 2. The average Bonchev–Trinajstić information content (AvgIpc) is 2.44. The molecule has 0 atom stereocenters. The molecule has 0 radical (unpaired) electrons. The SMILES string of the molecule is CCN(C)C(=O)COc1ccc(OC)cc1CNC. The van der Waals surface area contributed by atoms with Crippen LogP contribution in [-0.2, 0) is 11.3 Å². The van der Waals surface area contributed by atoms with Crippen molar-refractivity contribution in [2.45, 2.75) is 13.5 Å². The Morgan fingerprint density at radius 2 is 2.16 bits per heavy atom. The number of benzene rings is 1. The van der Waals surface area contributed by atoms with Crippen LogP contribution >= 0.6 is 0 Å². The number of likely N-dealkylation sites (N-methyl/N-ethyl adjacent to an activating group) is 1. The van der Waals surface area contributed by atoms with E-state index in [1.807, 2.05) is 32.2 Å². The topological polar surface area (TPSA) is 50.8 Å². The third-order valence-electron chi connectivity index (χ3n) is 2.89. The van der Waals surface area contributed by atoms with Crippen LogP contribution in [0.25, 0.3) is 0 Å². The Bertz CT molecular complexity index is 421. The molecule has 0 saturated carbocycles. The first-order valence-electron chi connectivity index (χ1n) is 6.30. The molecule has 0 unspecified atom stereocenters. The second-order valence-corrected chi connectivity index (χ2v) is 4.20. The molecule has 1 aromatic carbocycles. The number of carbonyl (C=O) groups excluding carboxylic acids is 1. The molecular weight excluding hydrogens is 244 g/mol. The lowest BCUT2D eigenvalue weighted by Crippen LogP contribution is -2.31. The molecule has 1 N–H and O–H groups in total. The van der Waals surface area contributed by atoms with Crippen molar-refractivity contribution in [2.75, 3.05) is 34.4 Å². The zero-order valence-electron chi connectivity index (χ0n) is 12.0. The largest absolute Gasteiger partial charge is 0.497 e. The summed E-state index contributed by atoms with van der Waals surface area (Å²) in [7, 11) is 5.24. The summed E-state index contributed by atoms with van der Waals surface area (Å²) in [5, 5.41) is 3.07. The van der Waals surface area contributed by atoms with Gasteiger partial charge in [0, 0.05) is 25.7 Å². The van der Waals surface area contributed by atoms with Crippen LogP contribution in [0.5, 0.6) is 11.5 Å². The average molecular weight is 266 g/mol. The van der Waals surface area contributed by atoms with Gasteiger partial charge in [-0.1, -0.05) is 0 Å². The lowest BCUT2D eigenvalue weighted by atomic mass is 10.2. The third-order valence-corrected chi connectivity index (χ3v) is 2.89. The van der Waals surface area contributed by atoms with E-state index in [4.69, 9.17) is 9.47 Å². The highest BCUT2D eigenvalue weighted by Crippen LogP contribution is 2.24. The molecule has 0 aliphatic rings. The van der Waals surface area contributed by atoms with Gasteiger partial charge in [0.05, 0.1) is 7.11 Å². The second kappa shape index (κ2) is 7.63. The quantitative estimate of drug-likeness (QED) is 0.807. The maximum Gasteiger partial charge on any atom is 0.260 e. The predicted octanol–water partition coefficient (Wildman–Crippen LogP) is 1.27. The summed E-state index contributed by atoms with van der Waals surface area (Å²) in [6.45, 7) is 3.31. The minimum absolute atomic E-state index is 0.0336. The maximum absolute atomic E-state index is 11.7. The molecular formula is C14H22N2O3. The van der Waals surface area contributed by atoms with Gasteiger partial charge in [-0.25, -0.2) is 0 Å². The number of carbonyl (C=O) groups is 1. The van der Waals surface area contributed by atoms with Crippen molar-refractivity contribution in [3.63, 3.8) is 0 Å². The molecule has 5 heteroatoms. The molecule has 0 saturated heterocycles. The molecule has 0 heterocycles. The first kappa shape index (κ1) is 15.3. The fraction of sp³-hybridized carbons (Fsp3) is 0.500. The van der Waals surface area contributed by atoms with Crippen molar-refractivity contribution < 1.29 is 14.3 Å². The normalized spacial score (nSPS) is 10.1. The Hall–Kier alpha value is -1.75. The van der Waals surface area contributed by atoms with E-state index in [0.717, 1.165) is 11.3 Å². The Morgan fingerprint density at radius 3 is 2.74 bits per heavy atom. The maximum atomic E-state index is 11.7. The first-order chi connectivity index (χ1) is 9.12. The van der Waals surface area contributed by atoms with Crippen LogP contribution in [0, 0.1) is 0 Å². The minimum atomic E-state index is -0.0336. The number of rotatable bonds is 7. The summed E-state index contributed by atoms with van der Waals surface area (Å²) in [4.78, 5) is 13.3. The molecule has 1 aromatic rings. The van der Waals surface area contributed by atoms with Crippen molar-refractivity contribution >= 4 is 5.91 Å². The Labute approximate surface area is 114 Å². The highest BCUT2D eigenvalue weighted by atomic mass is 16.5. The molecule has 0 spiro atoms. The van der Waals surface area contributed by atoms with Gasteiger partial charge >= 0.3 is 0 Å². The number of nitrogens with zero attached hydrogens (tertiary/aromatic N) is 1. The Morgan fingerprint density at radius 1 is 1.42 bits per heavy atom. The van der Waals surface area contributed by atoms with Gasteiger partial charge in [0.15, 0.2) is 6.61 Å². The number of hydrogen-bond donors (Lipinski definition) is 1. The molecule has 5 nitrogen and oxygen atoms in total. The number of amides is 1. The highest BCUT2D eigenvalue weighted by molar-refractivity contribution is 5.77. The van der Waals surface area contributed by atoms with Gasteiger partial charge < -0.3 is 19.7 Å². The molecule has 0 fully saturated rings.